The lowest BCUT2D eigenvalue weighted by Gasteiger charge is -2.11. The Morgan fingerprint density at radius 3 is 2.63 bits per heavy atom. The molecule has 1 N–H and O–H groups in total. The zero-order chi connectivity index (χ0) is 13.2. The van der Waals surface area contributed by atoms with Crippen LogP contribution in [0.25, 0.3) is 21.7 Å². The van der Waals surface area contributed by atoms with E-state index in [1.54, 1.807) is 0 Å². The first-order valence-electron chi connectivity index (χ1n) is 6.88. The zero-order valence-corrected chi connectivity index (χ0v) is 11.4. The number of aromatic nitrogens is 1. The number of fused-ring (bicyclic) bond motifs is 3. The van der Waals surface area contributed by atoms with Crippen LogP contribution in [0.4, 0.5) is 5.69 Å². The number of anilines is 1. The normalized spacial score (nSPS) is 11.1. The van der Waals surface area contributed by atoms with Gasteiger partial charge in [-0.15, -0.1) is 0 Å². The molecule has 3 rings (SSSR count). The van der Waals surface area contributed by atoms with Crippen molar-refractivity contribution in [1.29, 1.82) is 0 Å². The summed E-state index contributed by atoms with van der Waals surface area (Å²) in [5, 5.41) is 7.14. The van der Waals surface area contributed by atoms with Crippen LogP contribution >= 0.6 is 0 Å². The minimum Gasteiger partial charge on any atom is -0.385 e. The van der Waals surface area contributed by atoms with E-state index in [0.29, 0.717) is 0 Å². The van der Waals surface area contributed by atoms with Crippen molar-refractivity contribution >= 4 is 27.4 Å². The van der Waals surface area contributed by atoms with Crippen molar-refractivity contribution in [2.75, 3.05) is 11.9 Å². The van der Waals surface area contributed by atoms with Crippen LogP contribution in [0.2, 0.25) is 0 Å². The Bertz CT molecular complexity index is 732. The Morgan fingerprint density at radius 1 is 1.00 bits per heavy atom. The van der Waals surface area contributed by atoms with Gasteiger partial charge in [0.05, 0.1) is 5.52 Å². The molecule has 0 unspecified atom stereocenters. The van der Waals surface area contributed by atoms with Crippen LogP contribution < -0.4 is 5.32 Å². The largest absolute Gasteiger partial charge is 0.385 e. The molecule has 96 valence electrons. The van der Waals surface area contributed by atoms with Gasteiger partial charge in [0.25, 0.3) is 0 Å². The highest BCUT2D eigenvalue weighted by atomic mass is 14.9. The Balaban J connectivity index is 2.40. The third-order valence-electron chi connectivity index (χ3n) is 3.49. The molecule has 1 heterocycles. The third kappa shape index (κ3) is 2.03. The number of aryl methyl sites for hydroxylation is 1. The van der Waals surface area contributed by atoms with Crippen molar-refractivity contribution in [3.8, 4) is 0 Å². The average Bonchev–Trinajstić information content (AvgIpc) is 2.47. The Morgan fingerprint density at radius 2 is 1.84 bits per heavy atom. The van der Waals surface area contributed by atoms with Crippen LogP contribution in [0.5, 0.6) is 0 Å². The lowest BCUT2D eigenvalue weighted by Crippen LogP contribution is -2.00. The smallest absolute Gasteiger partial charge is 0.0804 e. The molecule has 19 heavy (non-hydrogen) atoms. The fourth-order valence-corrected chi connectivity index (χ4v) is 2.53. The van der Waals surface area contributed by atoms with Gasteiger partial charge in [-0.25, -0.2) is 0 Å². The molecule has 1 aromatic heterocycles. The number of hydrogen-bond acceptors (Lipinski definition) is 2. The van der Waals surface area contributed by atoms with Crippen molar-refractivity contribution < 1.29 is 0 Å². The van der Waals surface area contributed by atoms with Crippen LogP contribution in [0.1, 0.15) is 19.5 Å². The molecule has 0 saturated carbocycles. The molecule has 0 aliphatic carbocycles. The van der Waals surface area contributed by atoms with E-state index in [-0.39, 0.29) is 0 Å². The van der Waals surface area contributed by atoms with Gasteiger partial charge in [-0.1, -0.05) is 43.3 Å². The van der Waals surface area contributed by atoms with E-state index in [2.05, 4.69) is 61.6 Å². The number of hydrogen-bond donors (Lipinski definition) is 1. The van der Waals surface area contributed by atoms with Crippen molar-refractivity contribution in [2.24, 2.45) is 0 Å². The number of nitrogens with one attached hydrogen (secondary N) is 1. The fourth-order valence-electron chi connectivity index (χ4n) is 2.53. The van der Waals surface area contributed by atoms with Gasteiger partial charge in [0.15, 0.2) is 0 Å². The molecule has 3 aromatic rings. The predicted molar refractivity (Wildman–Crippen MR) is 82.8 cm³/mol. The molecule has 0 aliphatic rings. The van der Waals surface area contributed by atoms with Crippen LogP contribution in [-0.2, 0) is 6.42 Å². The molecule has 2 heteroatoms. The summed E-state index contributed by atoms with van der Waals surface area (Å²) in [5.41, 5.74) is 3.43. The Kier molecular flexibility index (Phi) is 3.08. The number of pyridine rings is 1. The van der Waals surface area contributed by atoms with Gasteiger partial charge in [-0.05, 0) is 24.8 Å². The first-order chi connectivity index (χ1) is 9.33. The van der Waals surface area contributed by atoms with Gasteiger partial charge in [-0.2, -0.15) is 0 Å². The Hall–Kier alpha value is -2.09. The summed E-state index contributed by atoms with van der Waals surface area (Å²) in [4.78, 5) is 4.82. The predicted octanol–water partition coefficient (Wildman–Crippen LogP) is 4.38. The second-order valence-electron chi connectivity index (χ2n) is 4.73. The van der Waals surface area contributed by atoms with E-state index >= 15 is 0 Å². The molecule has 0 atom stereocenters. The summed E-state index contributed by atoms with van der Waals surface area (Å²) < 4.78 is 0. The van der Waals surface area contributed by atoms with Gasteiger partial charge in [0, 0.05) is 28.7 Å². The maximum atomic E-state index is 4.82. The Labute approximate surface area is 113 Å². The molecule has 2 aromatic carbocycles. The zero-order valence-electron chi connectivity index (χ0n) is 11.4. The highest BCUT2D eigenvalue weighted by Crippen LogP contribution is 2.29. The molecule has 0 amide bonds. The van der Waals surface area contributed by atoms with E-state index < -0.39 is 0 Å². The second kappa shape index (κ2) is 4.88. The van der Waals surface area contributed by atoms with Crippen LogP contribution in [0.3, 0.4) is 0 Å². The van der Waals surface area contributed by atoms with Crippen molar-refractivity contribution in [1.82, 2.24) is 4.98 Å². The summed E-state index contributed by atoms with van der Waals surface area (Å²) in [6.07, 6.45) is 0.956. The molecule has 0 bridgehead atoms. The van der Waals surface area contributed by atoms with Crippen molar-refractivity contribution in [3.63, 3.8) is 0 Å². The van der Waals surface area contributed by atoms with Crippen molar-refractivity contribution in [3.05, 3.63) is 48.2 Å². The van der Waals surface area contributed by atoms with E-state index in [4.69, 9.17) is 4.98 Å². The molecule has 0 fully saturated rings. The molecule has 0 radical (unpaired) electrons. The number of nitrogens with zero attached hydrogens (tertiary/aromatic N) is 1. The average molecular weight is 250 g/mol. The first kappa shape index (κ1) is 12.0. The number of rotatable bonds is 3. The lowest BCUT2D eigenvalue weighted by molar-refractivity contribution is 1.06. The van der Waals surface area contributed by atoms with E-state index in [1.165, 1.54) is 21.8 Å². The van der Waals surface area contributed by atoms with E-state index in [9.17, 15) is 0 Å². The molecule has 0 spiro atoms. The minimum absolute atomic E-state index is 0.926. The van der Waals surface area contributed by atoms with Gasteiger partial charge in [-0.3, -0.25) is 4.98 Å². The van der Waals surface area contributed by atoms with Crippen molar-refractivity contribution in [2.45, 2.75) is 20.3 Å². The summed E-state index contributed by atoms with van der Waals surface area (Å²) in [5.74, 6) is 0. The van der Waals surface area contributed by atoms with Gasteiger partial charge in [0.2, 0.25) is 0 Å². The maximum Gasteiger partial charge on any atom is 0.0804 e. The summed E-state index contributed by atoms with van der Waals surface area (Å²) >= 11 is 0. The standard InChI is InChI=1S/C17H18N2/c1-3-13-11-16(18-4-2)15-10-9-12-7-5-6-8-14(12)17(15)19-13/h5-11H,3-4H2,1-2H3,(H,18,19). The quantitative estimate of drug-likeness (QED) is 0.698. The van der Waals surface area contributed by atoms with Gasteiger partial charge in [0.1, 0.15) is 0 Å². The molecular formula is C17H18N2. The number of benzene rings is 2. The molecule has 0 aliphatic heterocycles. The van der Waals surface area contributed by atoms with Crippen LogP contribution in [-0.4, -0.2) is 11.5 Å². The third-order valence-corrected chi connectivity index (χ3v) is 3.49. The topological polar surface area (TPSA) is 24.9 Å². The fraction of sp³-hybridized carbons (Fsp3) is 0.235. The van der Waals surface area contributed by atoms with Crippen LogP contribution in [0, 0.1) is 0 Å². The van der Waals surface area contributed by atoms with Gasteiger partial charge < -0.3 is 5.32 Å². The molecule has 0 saturated heterocycles. The SMILES string of the molecule is CCNc1cc(CC)nc2c1ccc1ccccc12. The summed E-state index contributed by atoms with van der Waals surface area (Å²) in [7, 11) is 0. The van der Waals surface area contributed by atoms with E-state index in [0.717, 1.165) is 24.2 Å². The lowest BCUT2D eigenvalue weighted by atomic mass is 10.0. The highest BCUT2D eigenvalue weighted by molar-refractivity contribution is 6.09. The summed E-state index contributed by atoms with van der Waals surface area (Å²) in [6.45, 7) is 5.20. The first-order valence-corrected chi connectivity index (χ1v) is 6.88. The molecular weight excluding hydrogens is 232 g/mol. The van der Waals surface area contributed by atoms with Crippen LogP contribution in [0.15, 0.2) is 42.5 Å². The van der Waals surface area contributed by atoms with Gasteiger partial charge >= 0.3 is 0 Å². The van der Waals surface area contributed by atoms with E-state index in [1.807, 2.05) is 0 Å². The highest BCUT2D eigenvalue weighted by Gasteiger charge is 2.07. The molecule has 2 nitrogen and oxygen atoms in total. The maximum absolute atomic E-state index is 4.82. The monoisotopic (exact) mass is 250 g/mol. The minimum atomic E-state index is 0.926. The second-order valence-corrected chi connectivity index (χ2v) is 4.73. The summed E-state index contributed by atoms with van der Waals surface area (Å²) in [6, 6.07) is 15.0.